The van der Waals surface area contributed by atoms with Gasteiger partial charge in [-0.25, -0.2) is 14.8 Å². The quantitative estimate of drug-likeness (QED) is 0.568. The summed E-state index contributed by atoms with van der Waals surface area (Å²) < 4.78 is 1.52. The molecule has 172 valence electrons. The van der Waals surface area contributed by atoms with E-state index in [2.05, 4.69) is 23.7 Å². The molecule has 2 atom stereocenters. The molecule has 2 aromatic heterocycles. The molecular weight excluding hydrogens is 440 g/mol. The van der Waals surface area contributed by atoms with Gasteiger partial charge in [-0.2, -0.15) is 0 Å². The number of hydrogen-bond donors (Lipinski definition) is 1. The fourth-order valence-electron chi connectivity index (χ4n) is 4.64. The summed E-state index contributed by atoms with van der Waals surface area (Å²) in [6.45, 7) is 6.37. The third kappa shape index (κ3) is 5.09. The summed E-state index contributed by atoms with van der Waals surface area (Å²) in [7, 11) is 1.68. The van der Waals surface area contributed by atoms with Gasteiger partial charge in [0, 0.05) is 38.2 Å². The summed E-state index contributed by atoms with van der Waals surface area (Å²) in [6.07, 6.45) is 5.69. The van der Waals surface area contributed by atoms with E-state index in [1.165, 1.54) is 17.1 Å². The van der Waals surface area contributed by atoms with Crippen LogP contribution >= 0.6 is 11.6 Å². The molecule has 1 aliphatic heterocycles. The Balaban J connectivity index is 1.67. The van der Waals surface area contributed by atoms with E-state index >= 15 is 0 Å². The smallest absolute Gasteiger partial charge is 0.328 e. The van der Waals surface area contributed by atoms with Crippen molar-refractivity contribution in [1.29, 1.82) is 0 Å². The lowest BCUT2D eigenvalue weighted by Gasteiger charge is -2.35. The van der Waals surface area contributed by atoms with Crippen LogP contribution in [0.25, 0.3) is 17.0 Å². The monoisotopic (exact) mass is 466 g/mol. The van der Waals surface area contributed by atoms with Gasteiger partial charge in [0.2, 0.25) is 5.95 Å². The highest BCUT2D eigenvalue weighted by atomic mass is 35.5. The maximum absolute atomic E-state index is 12.5. The molecule has 1 aliphatic rings. The van der Waals surface area contributed by atoms with Gasteiger partial charge in [-0.15, -0.1) is 0 Å². The standard InChI is InChI=1S/C25H27ClN4O3/c1-15-8-16(2)14-30(13-15)25-27-12-20(26)21(28-25)10-17-4-6-22-19(9-17)11-18(5-7-23(31)32)24(33)29(22)3/h4-7,9,11-12,15-16H,8,10,13-14H2,1-3H3,(H,31,32)/b7-5+/t15-,16+. The Bertz CT molecular complexity index is 1290. The third-order valence-corrected chi connectivity index (χ3v) is 6.36. The van der Waals surface area contributed by atoms with Crippen LogP contribution in [0.2, 0.25) is 5.02 Å². The van der Waals surface area contributed by atoms with Crippen molar-refractivity contribution in [3.8, 4) is 0 Å². The number of pyridine rings is 1. The summed E-state index contributed by atoms with van der Waals surface area (Å²) in [6, 6.07) is 7.54. The Hall–Kier alpha value is -3.19. The Morgan fingerprint density at radius 2 is 1.97 bits per heavy atom. The van der Waals surface area contributed by atoms with Gasteiger partial charge in [-0.3, -0.25) is 4.79 Å². The van der Waals surface area contributed by atoms with Crippen molar-refractivity contribution in [2.75, 3.05) is 18.0 Å². The lowest BCUT2D eigenvalue weighted by Crippen LogP contribution is -2.39. The summed E-state index contributed by atoms with van der Waals surface area (Å²) in [5.41, 5.74) is 2.58. The molecule has 0 unspecified atom stereocenters. The fraction of sp³-hybridized carbons (Fsp3) is 0.360. The summed E-state index contributed by atoms with van der Waals surface area (Å²) in [5.74, 6) is 0.788. The zero-order chi connectivity index (χ0) is 23.7. The van der Waals surface area contributed by atoms with Crippen LogP contribution in [0.1, 0.15) is 37.1 Å². The van der Waals surface area contributed by atoms with Crippen LogP contribution in [0.3, 0.4) is 0 Å². The number of fused-ring (bicyclic) bond motifs is 1. The molecule has 1 fully saturated rings. The normalized spacial score (nSPS) is 18.8. The van der Waals surface area contributed by atoms with Crippen LogP contribution < -0.4 is 10.5 Å². The van der Waals surface area contributed by atoms with Crippen molar-refractivity contribution in [3.63, 3.8) is 0 Å². The van der Waals surface area contributed by atoms with Crippen molar-refractivity contribution < 1.29 is 9.90 Å². The Morgan fingerprint density at radius 1 is 1.24 bits per heavy atom. The second kappa shape index (κ2) is 9.35. The number of anilines is 1. The number of carboxylic acid groups (broad SMARTS) is 1. The van der Waals surface area contributed by atoms with Crippen LogP contribution in [-0.2, 0) is 18.3 Å². The summed E-state index contributed by atoms with van der Waals surface area (Å²) in [4.78, 5) is 34.9. The minimum atomic E-state index is -1.10. The molecule has 1 aromatic carbocycles. The predicted molar refractivity (Wildman–Crippen MR) is 131 cm³/mol. The first-order valence-corrected chi connectivity index (χ1v) is 11.4. The number of rotatable bonds is 5. The number of aliphatic carboxylic acids is 1. The molecule has 33 heavy (non-hydrogen) atoms. The van der Waals surface area contributed by atoms with E-state index < -0.39 is 5.97 Å². The van der Waals surface area contributed by atoms with Gasteiger partial charge < -0.3 is 14.6 Å². The van der Waals surface area contributed by atoms with Crippen LogP contribution in [0.4, 0.5) is 5.95 Å². The van der Waals surface area contributed by atoms with E-state index in [1.807, 2.05) is 18.2 Å². The number of halogens is 1. The Labute approximate surface area is 197 Å². The van der Waals surface area contributed by atoms with Crippen LogP contribution in [0.15, 0.2) is 41.3 Å². The fourth-order valence-corrected chi connectivity index (χ4v) is 4.79. The molecule has 0 aliphatic carbocycles. The first-order valence-electron chi connectivity index (χ1n) is 11.0. The zero-order valence-electron chi connectivity index (χ0n) is 19.0. The molecule has 0 radical (unpaired) electrons. The summed E-state index contributed by atoms with van der Waals surface area (Å²) in [5, 5.41) is 10.3. The highest BCUT2D eigenvalue weighted by molar-refractivity contribution is 6.31. The van der Waals surface area contributed by atoms with Gasteiger partial charge in [-0.1, -0.05) is 31.5 Å². The van der Waals surface area contributed by atoms with Crippen LogP contribution in [0, 0.1) is 11.8 Å². The maximum Gasteiger partial charge on any atom is 0.328 e. The van der Waals surface area contributed by atoms with Gasteiger partial charge in [-0.05, 0) is 53.5 Å². The van der Waals surface area contributed by atoms with Crippen molar-refractivity contribution in [3.05, 3.63) is 68.7 Å². The lowest BCUT2D eigenvalue weighted by atomic mass is 9.92. The molecular formula is C25H27ClN4O3. The van der Waals surface area contributed by atoms with E-state index in [9.17, 15) is 9.59 Å². The van der Waals surface area contributed by atoms with Crippen LogP contribution in [0.5, 0.6) is 0 Å². The first-order chi connectivity index (χ1) is 15.7. The zero-order valence-corrected chi connectivity index (χ0v) is 19.7. The van der Waals surface area contributed by atoms with E-state index in [1.54, 1.807) is 19.3 Å². The average molecular weight is 467 g/mol. The van der Waals surface area contributed by atoms with Crippen molar-refractivity contribution in [2.24, 2.45) is 18.9 Å². The SMILES string of the molecule is C[C@@H]1C[C@H](C)CN(c2ncc(Cl)c(Cc3ccc4c(c3)cc(/C=C/C(=O)O)c(=O)n4C)n2)C1. The van der Waals surface area contributed by atoms with Gasteiger partial charge >= 0.3 is 5.97 Å². The highest BCUT2D eigenvalue weighted by Crippen LogP contribution is 2.27. The molecule has 0 bridgehead atoms. The minimum absolute atomic E-state index is 0.249. The molecule has 0 amide bonds. The molecule has 0 spiro atoms. The minimum Gasteiger partial charge on any atom is -0.478 e. The van der Waals surface area contributed by atoms with E-state index in [0.717, 1.165) is 41.3 Å². The molecule has 1 N–H and O–H groups in total. The second-order valence-electron chi connectivity index (χ2n) is 9.02. The van der Waals surface area contributed by atoms with Crippen molar-refractivity contribution in [2.45, 2.75) is 26.7 Å². The molecule has 8 heteroatoms. The van der Waals surface area contributed by atoms with Crippen LogP contribution in [-0.4, -0.2) is 38.7 Å². The molecule has 4 rings (SSSR count). The Morgan fingerprint density at radius 3 is 2.67 bits per heavy atom. The maximum atomic E-state index is 12.5. The van der Waals surface area contributed by atoms with Crippen molar-refractivity contribution >= 4 is 40.5 Å². The number of aryl methyl sites for hydroxylation is 1. The van der Waals surface area contributed by atoms with E-state index in [-0.39, 0.29) is 5.56 Å². The molecule has 3 aromatic rings. The summed E-state index contributed by atoms with van der Waals surface area (Å²) >= 11 is 6.45. The molecule has 1 saturated heterocycles. The third-order valence-electron chi connectivity index (χ3n) is 6.05. The second-order valence-corrected chi connectivity index (χ2v) is 9.43. The van der Waals surface area contributed by atoms with Gasteiger partial charge in [0.05, 0.1) is 22.4 Å². The number of benzene rings is 1. The van der Waals surface area contributed by atoms with E-state index in [4.69, 9.17) is 21.7 Å². The largest absolute Gasteiger partial charge is 0.478 e. The number of nitrogens with zero attached hydrogens (tertiary/aromatic N) is 4. The van der Waals surface area contributed by atoms with Gasteiger partial charge in [0.25, 0.3) is 5.56 Å². The molecule has 3 heterocycles. The lowest BCUT2D eigenvalue weighted by molar-refractivity contribution is -0.131. The molecule has 0 saturated carbocycles. The van der Waals surface area contributed by atoms with Crippen molar-refractivity contribution in [1.82, 2.24) is 14.5 Å². The highest BCUT2D eigenvalue weighted by Gasteiger charge is 2.24. The number of aromatic nitrogens is 3. The number of piperidine rings is 1. The molecule has 7 nitrogen and oxygen atoms in total. The topological polar surface area (TPSA) is 88.3 Å². The first kappa shape index (κ1) is 23.0. The van der Waals surface area contributed by atoms with Gasteiger partial charge in [0.15, 0.2) is 0 Å². The predicted octanol–water partition coefficient (Wildman–Crippen LogP) is 4.15. The number of carboxylic acids is 1. The van der Waals surface area contributed by atoms with E-state index in [0.29, 0.717) is 34.8 Å². The Kier molecular flexibility index (Phi) is 6.51. The number of hydrogen-bond acceptors (Lipinski definition) is 5. The average Bonchev–Trinajstić information content (AvgIpc) is 2.76. The van der Waals surface area contributed by atoms with Gasteiger partial charge in [0.1, 0.15) is 0 Å². The number of carbonyl (C=O) groups is 1.